The summed E-state index contributed by atoms with van der Waals surface area (Å²) in [6, 6.07) is 14.3. The van der Waals surface area contributed by atoms with Crippen LogP contribution in [0.4, 0.5) is 0 Å². The summed E-state index contributed by atoms with van der Waals surface area (Å²) in [6.45, 7) is 4.83. The van der Waals surface area contributed by atoms with Crippen molar-refractivity contribution < 1.29 is 5.11 Å². The van der Waals surface area contributed by atoms with Crippen LogP contribution in [0, 0.1) is 0 Å². The zero-order valence-corrected chi connectivity index (χ0v) is 16.7. The van der Waals surface area contributed by atoms with E-state index in [9.17, 15) is 5.11 Å². The number of unbranched alkanes of at least 4 members (excludes halogenated alkanes) is 5. The third kappa shape index (κ3) is 8.79. The van der Waals surface area contributed by atoms with E-state index in [1.807, 2.05) is 18.2 Å². The molecule has 0 aliphatic rings. The smallest absolute Gasteiger partial charge is 0.0918 e. The molecule has 1 heterocycles. The molecule has 0 aliphatic heterocycles. The molecule has 1 unspecified atom stereocenters. The molecule has 1 N–H and O–H groups in total. The van der Waals surface area contributed by atoms with Crippen LogP contribution in [0.1, 0.15) is 62.7 Å². The Morgan fingerprint density at radius 2 is 1.58 bits per heavy atom. The van der Waals surface area contributed by atoms with E-state index < -0.39 is 6.10 Å². The van der Waals surface area contributed by atoms with Gasteiger partial charge in [-0.3, -0.25) is 9.88 Å². The van der Waals surface area contributed by atoms with Crippen LogP contribution in [0.25, 0.3) is 0 Å². The number of benzene rings is 1. The number of halogens is 1. The van der Waals surface area contributed by atoms with Gasteiger partial charge in [-0.2, -0.15) is 0 Å². The first-order valence-corrected chi connectivity index (χ1v) is 9.64. The number of aromatic nitrogens is 1. The SMILES string of the molecule is CCCCCCCCN(Cc1ccccc1)CC(O)c1ccncc1.Cl. The highest BCUT2D eigenvalue weighted by atomic mass is 35.5. The summed E-state index contributed by atoms with van der Waals surface area (Å²) in [5.74, 6) is 0. The van der Waals surface area contributed by atoms with Gasteiger partial charge in [0, 0.05) is 25.5 Å². The molecule has 4 heteroatoms. The van der Waals surface area contributed by atoms with Gasteiger partial charge in [-0.1, -0.05) is 69.4 Å². The van der Waals surface area contributed by atoms with E-state index in [2.05, 4.69) is 41.1 Å². The molecule has 0 spiro atoms. The largest absolute Gasteiger partial charge is 0.387 e. The first kappa shape index (κ1) is 22.6. The lowest BCUT2D eigenvalue weighted by atomic mass is 10.1. The van der Waals surface area contributed by atoms with E-state index in [4.69, 9.17) is 0 Å². The van der Waals surface area contributed by atoms with Crippen molar-refractivity contribution in [1.82, 2.24) is 9.88 Å². The number of pyridine rings is 1. The van der Waals surface area contributed by atoms with Crippen molar-refractivity contribution in [2.24, 2.45) is 0 Å². The fraction of sp³-hybridized carbons (Fsp3) is 0.500. The highest BCUT2D eigenvalue weighted by Crippen LogP contribution is 2.16. The van der Waals surface area contributed by atoms with Gasteiger partial charge in [-0.25, -0.2) is 0 Å². The Hall–Kier alpha value is -1.42. The van der Waals surface area contributed by atoms with Gasteiger partial charge in [-0.05, 0) is 36.2 Å². The van der Waals surface area contributed by atoms with Crippen LogP contribution in [0.15, 0.2) is 54.9 Å². The molecule has 0 bridgehead atoms. The van der Waals surface area contributed by atoms with Gasteiger partial charge < -0.3 is 5.11 Å². The monoisotopic (exact) mass is 376 g/mol. The Morgan fingerprint density at radius 3 is 2.27 bits per heavy atom. The Morgan fingerprint density at radius 1 is 0.923 bits per heavy atom. The van der Waals surface area contributed by atoms with Gasteiger partial charge in [-0.15, -0.1) is 12.4 Å². The van der Waals surface area contributed by atoms with Crippen LogP contribution in [0.2, 0.25) is 0 Å². The molecule has 1 atom stereocenters. The predicted molar refractivity (Wildman–Crippen MR) is 112 cm³/mol. The van der Waals surface area contributed by atoms with Gasteiger partial charge in [0.15, 0.2) is 0 Å². The fourth-order valence-electron chi connectivity index (χ4n) is 3.13. The molecule has 0 aliphatic carbocycles. The molecular weight excluding hydrogens is 344 g/mol. The van der Waals surface area contributed by atoms with E-state index in [-0.39, 0.29) is 12.4 Å². The highest BCUT2D eigenvalue weighted by Gasteiger charge is 2.14. The molecular formula is C22H33ClN2O. The summed E-state index contributed by atoms with van der Waals surface area (Å²) in [4.78, 5) is 6.41. The average Bonchev–Trinajstić information content (AvgIpc) is 2.66. The maximum absolute atomic E-state index is 10.6. The molecule has 3 nitrogen and oxygen atoms in total. The van der Waals surface area contributed by atoms with Crippen molar-refractivity contribution in [3.8, 4) is 0 Å². The number of hydrogen-bond donors (Lipinski definition) is 1. The zero-order valence-electron chi connectivity index (χ0n) is 15.9. The molecule has 2 aromatic rings. The van der Waals surface area contributed by atoms with Crippen molar-refractivity contribution in [3.63, 3.8) is 0 Å². The second-order valence-corrected chi connectivity index (χ2v) is 6.78. The fourth-order valence-corrected chi connectivity index (χ4v) is 3.13. The molecule has 26 heavy (non-hydrogen) atoms. The van der Waals surface area contributed by atoms with E-state index in [1.165, 1.54) is 44.1 Å². The lowest BCUT2D eigenvalue weighted by molar-refractivity contribution is 0.107. The van der Waals surface area contributed by atoms with Gasteiger partial charge in [0.2, 0.25) is 0 Å². The summed E-state index contributed by atoms with van der Waals surface area (Å²) in [7, 11) is 0. The Bertz CT molecular complexity index is 565. The van der Waals surface area contributed by atoms with Gasteiger partial charge in [0.25, 0.3) is 0 Å². The summed E-state index contributed by atoms with van der Waals surface area (Å²) >= 11 is 0. The molecule has 0 fully saturated rings. The standard InChI is InChI=1S/C22H32N2O.ClH/c1-2-3-4-5-6-10-17-24(18-20-11-8-7-9-12-20)19-22(25)21-13-15-23-16-14-21;/h7-9,11-16,22,25H,2-6,10,17-19H2,1H3;1H. The molecule has 0 radical (unpaired) electrons. The number of hydrogen-bond acceptors (Lipinski definition) is 3. The lowest BCUT2D eigenvalue weighted by Crippen LogP contribution is -2.29. The van der Waals surface area contributed by atoms with E-state index >= 15 is 0 Å². The zero-order chi connectivity index (χ0) is 17.7. The summed E-state index contributed by atoms with van der Waals surface area (Å²) in [6.07, 6.45) is 10.8. The molecule has 2 rings (SSSR count). The summed E-state index contributed by atoms with van der Waals surface area (Å²) < 4.78 is 0. The first-order chi connectivity index (χ1) is 12.3. The third-order valence-corrected chi connectivity index (χ3v) is 4.60. The second-order valence-electron chi connectivity index (χ2n) is 6.78. The van der Waals surface area contributed by atoms with Gasteiger partial charge in [0.05, 0.1) is 6.10 Å². The Kier molecular flexibility index (Phi) is 12.0. The second kappa shape index (κ2) is 13.7. The number of aliphatic hydroxyl groups excluding tert-OH is 1. The summed E-state index contributed by atoms with van der Waals surface area (Å²) in [5, 5.41) is 10.6. The molecule has 144 valence electrons. The normalized spacial score (nSPS) is 12.0. The van der Waals surface area contributed by atoms with Crippen LogP contribution in [-0.4, -0.2) is 28.1 Å². The molecule has 0 saturated carbocycles. The molecule has 0 amide bonds. The van der Waals surface area contributed by atoms with Crippen LogP contribution >= 0.6 is 12.4 Å². The van der Waals surface area contributed by atoms with Gasteiger partial charge in [0.1, 0.15) is 0 Å². The quantitative estimate of drug-likeness (QED) is 0.504. The van der Waals surface area contributed by atoms with E-state index in [0.717, 1.165) is 18.7 Å². The minimum Gasteiger partial charge on any atom is -0.387 e. The lowest BCUT2D eigenvalue weighted by Gasteiger charge is -2.25. The number of rotatable bonds is 12. The maximum atomic E-state index is 10.6. The highest BCUT2D eigenvalue weighted by molar-refractivity contribution is 5.85. The number of aliphatic hydroxyl groups is 1. The third-order valence-electron chi connectivity index (χ3n) is 4.60. The topological polar surface area (TPSA) is 36.4 Å². The van der Waals surface area contributed by atoms with E-state index in [0.29, 0.717) is 6.54 Å². The molecule has 0 saturated heterocycles. The van der Waals surface area contributed by atoms with Crippen molar-refractivity contribution in [3.05, 3.63) is 66.0 Å². The minimum absolute atomic E-state index is 0. The van der Waals surface area contributed by atoms with Crippen molar-refractivity contribution in [1.29, 1.82) is 0 Å². The van der Waals surface area contributed by atoms with E-state index in [1.54, 1.807) is 12.4 Å². The van der Waals surface area contributed by atoms with Crippen LogP contribution < -0.4 is 0 Å². The average molecular weight is 377 g/mol. The maximum Gasteiger partial charge on any atom is 0.0918 e. The van der Waals surface area contributed by atoms with Crippen molar-refractivity contribution in [2.45, 2.75) is 58.1 Å². The molecule has 1 aromatic heterocycles. The number of nitrogens with zero attached hydrogens (tertiary/aromatic N) is 2. The predicted octanol–water partition coefficient (Wildman–Crippen LogP) is 5.40. The Balaban J connectivity index is 0.00000338. The van der Waals surface area contributed by atoms with Crippen LogP contribution in [0.3, 0.4) is 0 Å². The van der Waals surface area contributed by atoms with Crippen LogP contribution in [0.5, 0.6) is 0 Å². The van der Waals surface area contributed by atoms with Crippen molar-refractivity contribution >= 4 is 12.4 Å². The summed E-state index contributed by atoms with van der Waals surface area (Å²) in [5.41, 5.74) is 2.24. The minimum atomic E-state index is -0.466. The van der Waals surface area contributed by atoms with Crippen LogP contribution in [-0.2, 0) is 6.54 Å². The molecule has 1 aromatic carbocycles. The van der Waals surface area contributed by atoms with Gasteiger partial charge >= 0.3 is 0 Å². The van der Waals surface area contributed by atoms with Crippen molar-refractivity contribution in [2.75, 3.05) is 13.1 Å². The first-order valence-electron chi connectivity index (χ1n) is 9.64. The Labute approximate surface area is 164 Å².